The summed E-state index contributed by atoms with van der Waals surface area (Å²) < 4.78 is 5.65. The van der Waals surface area contributed by atoms with E-state index >= 15 is 0 Å². The van der Waals surface area contributed by atoms with Crippen LogP contribution in [0.3, 0.4) is 0 Å². The summed E-state index contributed by atoms with van der Waals surface area (Å²) in [6.45, 7) is 8.59. The summed E-state index contributed by atoms with van der Waals surface area (Å²) in [6.07, 6.45) is 12.0. The van der Waals surface area contributed by atoms with E-state index in [1.54, 1.807) is 0 Å². The van der Waals surface area contributed by atoms with Crippen LogP contribution in [-0.4, -0.2) is 22.7 Å². The number of carbonyl (C=O) groups is 2. The van der Waals surface area contributed by atoms with E-state index in [1.807, 2.05) is 0 Å². The first kappa shape index (κ1) is 29.6. The molecule has 4 heteroatoms. The van der Waals surface area contributed by atoms with Gasteiger partial charge >= 0.3 is 5.97 Å². The number of carbonyl (C=O) groups excluding carboxylic acids is 2. The van der Waals surface area contributed by atoms with Crippen molar-refractivity contribution in [1.29, 1.82) is 0 Å². The number of fused-ring (bicyclic) bond motifs is 5. The SMILES string of the molecule is CC(=O)O[C@H]1CC[C@@]2(C)[C@@H](CC[C@H]3[C@H]2C(=O)[C@H](Br)[C@]2(C)[C@@H]3CC[C@H]2/C(C)=C\C=C(c2ccccc2)c2ccccc2)C1. The van der Waals surface area contributed by atoms with Crippen molar-refractivity contribution in [2.24, 2.45) is 40.4 Å². The molecule has 0 spiro atoms. The van der Waals surface area contributed by atoms with Gasteiger partial charge in [-0.15, -0.1) is 0 Å². The normalized spacial score (nSPS) is 37.7. The van der Waals surface area contributed by atoms with Crippen molar-refractivity contribution in [2.45, 2.75) is 83.6 Å². The Morgan fingerprint density at radius 3 is 2.14 bits per heavy atom. The molecule has 0 radical (unpaired) electrons. The standard InChI is InChI=1S/C38H45BrO3/c1-24(15-17-30(26-11-7-5-8-12-26)27-13-9-6-10-14-27)32-19-20-33-31-18-16-28-23-29(42-25(2)40)21-22-37(28,3)34(31)35(41)36(39)38(32,33)4/h5-15,17,28-29,31-34,36H,16,18-23H2,1-4H3/b24-15-/t28-,29-,31+,32-,33+,34-,36-,37-,38-/m0/s1. The first-order chi connectivity index (χ1) is 20.1. The van der Waals surface area contributed by atoms with E-state index in [9.17, 15) is 9.59 Å². The highest BCUT2D eigenvalue weighted by atomic mass is 79.9. The molecular formula is C38H45BrO3. The monoisotopic (exact) mass is 628 g/mol. The van der Waals surface area contributed by atoms with Crippen LogP contribution in [0, 0.1) is 40.4 Å². The molecule has 0 aliphatic heterocycles. The van der Waals surface area contributed by atoms with Gasteiger partial charge in [-0.1, -0.05) is 108 Å². The summed E-state index contributed by atoms with van der Waals surface area (Å²) in [4.78, 5) is 26.0. The average Bonchev–Trinajstić information content (AvgIpc) is 3.35. The second-order valence-corrected chi connectivity index (χ2v) is 14.9. The molecule has 6 rings (SSSR count). The lowest BCUT2D eigenvalue weighted by molar-refractivity contribution is -0.167. The minimum Gasteiger partial charge on any atom is -0.463 e. The first-order valence-corrected chi connectivity index (χ1v) is 16.9. The Kier molecular flexibility index (Phi) is 8.15. The molecule has 0 bridgehead atoms. The van der Waals surface area contributed by atoms with E-state index in [4.69, 9.17) is 4.74 Å². The van der Waals surface area contributed by atoms with Gasteiger partial charge in [0.2, 0.25) is 0 Å². The summed E-state index contributed by atoms with van der Waals surface area (Å²) in [5.41, 5.74) is 4.93. The van der Waals surface area contributed by atoms with Crippen LogP contribution in [0.15, 0.2) is 78.4 Å². The van der Waals surface area contributed by atoms with Gasteiger partial charge in [0, 0.05) is 12.8 Å². The molecule has 0 N–H and O–H groups in total. The summed E-state index contributed by atoms with van der Waals surface area (Å²) in [6, 6.07) is 21.3. The molecule has 0 aromatic heterocycles. The zero-order chi connectivity index (χ0) is 29.6. The molecule has 4 aliphatic carbocycles. The largest absolute Gasteiger partial charge is 0.463 e. The number of esters is 1. The smallest absolute Gasteiger partial charge is 0.302 e. The lowest BCUT2D eigenvalue weighted by Crippen LogP contribution is -2.62. The minimum absolute atomic E-state index is 0.00399. The Bertz CT molecular complexity index is 1340. The van der Waals surface area contributed by atoms with Crippen molar-refractivity contribution in [2.75, 3.05) is 0 Å². The Hall–Kier alpha value is -2.46. The second kappa shape index (κ2) is 11.6. The summed E-state index contributed by atoms with van der Waals surface area (Å²) >= 11 is 4.06. The van der Waals surface area contributed by atoms with Crippen LogP contribution in [0.4, 0.5) is 0 Å². The summed E-state index contributed by atoms with van der Waals surface area (Å²) in [5.74, 6) is 2.14. The van der Waals surface area contributed by atoms with Crippen molar-refractivity contribution >= 4 is 33.3 Å². The van der Waals surface area contributed by atoms with Gasteiger partial charge in [0.05, 0.1) is 4.83 Å². The van der Waals surface area contributed by atoms with Gasteiger partial charge < -0.3 is 4.74 Å². The van der Waals surface area contributed by atoms with Gasteiger partial charge in [-0.05, 0) is 103 Å². The Morgan fingerprint density at radius 2 is 1.52 bits per heavy atom. The molecule has 4 saturated carbocycles. The maximum absolute atomic E-state index is 14.5. The molecule has 9 atom stereocenters. The van der Waals surface area contributed by atoms with Crippen molar-refractivity contribution in [1.82, 2.24) is 0 Å². The Balaban J connectivity index is 1.29. The maximum atomic E-state index is 14.5. The van der Waals surface area contributed by atoms with Crippen LogP contribution in [0.5, 0.6) is 0 Å². The number of allylic oxidation sites excluding steroid dienone is 3. The number of ether oxygens (including phenoxy) is 1. The summed E-state index contributed by atoms with van der Waals surface area (Å²) in [7, 11) is 0. The van der Waals surface area contributed by atoms with Crippen molar-refractivity contribution in [3.63, 3.8) is 0 Å². The molecule has 2 aromatic rings. The van der Waals surface area contributed by atoms with Gasteiger partial charge in [-0.2, -0.15) is 0 Å². The molecular weight excluding hydrogens is 584 g/mol. The molecule has 3 nitrogen and oxygen atoms in total. The lowest BCUT2D eigenvalue weighted by atomic mass is 9.44. The number of hydrogen-bond acceptors (Lipinski definition) is 3. The number of ketones is 1. The third-order valence-corrected chi connectivity index (χ3v) is 13.4. The molecule has 0 amide bonds. The molecule has 42 heavy (non-hydrogen) atoms. The summed E-state index contributed by atoms with van der Waals surface area (Å²) in [5, 5.41) is 0. The lowest BCUT2D eigenvalue weighted by Gasteiger charge is -2.61. The Labute approximate surface area is 260 Å². The highest BCUT2D eigenvalue weighted by molar-refractivity contribution is 9.10. The molecule has 0 saturated heterocycles. The first-order valence-electron chi connectivity index (χ1n) is 16.0. The number of Topliss-reactive ketones (excluding diaryl/α,β-unsaturated/α-hetero) is 1. The average molecular weight is 630 g/mol. The van der Waals surface area contributed by atoms with Gasteiger partial charge in [0.1, 0.15) is 6.10 Å². The van der Waals surface area contributed by atoms with Gasteiger partial charge in [0.15, 0.2) is 5.78 Å². The van der Waals surface area contributed by atoms with Gasteiger partial charge in [0.25, 0.3) is 0 Å². The van der Waals surface area contributed by atoms with E-state index < -0.39 is 0 Å². The zero-order valence-corrected chi connectivity index (χ0v) is 27.1. The molecule has 0 heterocycles. The van der Waals surface area contributed by atoms with Crippen LogP contribution in [0.1, 0.15) is 83.8 Å². The number of halogens is 1. The molecule has 4 aliphatic rings. The highest BCUT2D eigenvalue weighted by Crippen LogP contribution is 2.68. The third-order valence-electron chi connectivity index (χ3n) is 12.0. The van der Waals surface area contributed by atoms with Crippen LogP contribution in [0.2, 0.25) is 0 Å². The fourth-order valence-electron chi connectivity index (χ4n) is 9.97. The van der Waals surface area contributed by atoms with E-state index in [-0.39, 0.29) is 33.6 Å². The van der Waals surface area contributed by atoms with Crippen LogP contribution < -0.4 is 0 Å². The van der Waals surface area contributed by atoms with Crippen molar-refractivity contribution < 1.29 is 14.3 Å². The molecule has 222 valence electrons. The van der Waals surface area contributed by atoms with E-state index in [0.717, 1.165) is 38.5 Å². The highest BCUT2D eigenvalue weighted by Gasteiger charge is 2.66. The van der Waals surface area contributed by atoms with Crippen LogP contribution in [0.25, 0.3) is 5.57 Å². The fourth-order valence-corrected chi connectivity index (χ4v) is 10.9. The maximum Gasteiger partial charge on any atom is 0.302 e. The third kappa shape index (κ3) is 4.96. The van der Waals surface area contributed by atoms with E-state index in [2.05, 4.69) is 110 Å². The second-order valence-electron chi connectivity index (χ2n) is 14.0. The van der Waals surface area contributed by atoms with Crippen molar-refractivity contribution in [3.05, 3.63) is 89.5 Å². The number of alkyl halides is 1. The number of rotatable bonds is 5. The van der Waals surface area contributed by atoms with Gasteiger partial charge in [-0.25, -0.2) is 0 Å². The minimum atomic E-state index is -0.183. The fraction of sp³-hybridized carbons (Fsp3) is 0.526. The molecule has 2 aromatic carbocycles. The molecule has 4 fully saturated rings. The predicted octanol–water partition coefficient (Wildman–Crippen LogP) is 9.21. The quantitative estimate of drug-likeness (QED) is 0.188. The topological polar surface area (TPSA) is 43.4 Å². The van der Waals surface area contributed by atoms with Gasteiger partial charge in [-0.3, -0.25) is 9.59 Å². The number of benzene rings is 2. The van der Waals surface area contributed by atoms with Crippen LogP contribution >= 0.6 is 15.9 Å². The van der Waals surface area contributed by atoms with Crippen LogP contribution in [-0.2, 0) is 14.3 Å². The van der Waals surface area contributed by atoms with E-state index in [1.165, 1.54) is 35.6 Å². The Morgan fingerprint density at radius 1 is 0.881 bits per heavy atom. The number of hydrogen-bond donors (Lipinski definition) is 0. The van der Waals surface area contributed by atoms with E-state index in [0.29, 0.717) is 29.5 Å². The predicted molar refractivity (Wildman–Crippen MR) is 173 cm³/mol. The zero-order valence-electron chi connectivity index (χ0n) is 25.5. The molecule has 0 unspecified atom stereocenters. The van der Waals surface area contributed by atoms with Crippen molar-refractivity contribution in [3.8, 4) is 0 Å².